The molecule has 1 aromatic carbocycles. The first-order valence-corrected chi connectivity index (χ1v) is 15.1. The smallest absolute Gasteiger partial charge is 0.856 e. The predicted molar refractivity (Wildman–Crippen MR) is 150 cm³/mol. The molecule has 4 heterocycles. The van der Waals surface area contributed by atoms with E-state index in [2.05, 4.69) is 15.0 Å². The number of anilines is 1. The monoisotopic (exact) mass is 670 g/mol. The van der Waals surface area contributed by atoms with Crippen LogP contribution in [0.4, 0.5) is 11.6 Å². The van der Waals surface area contributed by atoms with Crippen LogP contribution >= 0.6 is 7.75 Å². The molecular weight excluding hydrogens is 638 g/mol. The summed E-state index contributed by atoms with van der Waals surface area (Å²) in [5.41, 5.74) is 5.48. The first-order chi connectivity index (χ1) is 21.2. The molecular formula is C26H32N8NaO10P. The third-order valence-corrected chi connectivity index (χ3v) is 8.48. The molecule has 5 rings (SSSR count). The Morgan fingerprint density at radius 3 is 2.65 bits per heavy atom. The quantitative estimate of drug-likeness (QED) is 0.0417. The second kappa shape index (κ2) is 14.0. The maximum atomic E-state index is 12.6. The van der Waals surface area contributed by atoms with Crippen molar-refractivity contribution in [1.82, 2.24) is 23.9 Å². The molecule has 0 spiro atoms. The number of nitrogens with zero attached hydrogens (tertiary/aromatic N) is 7. The van der Waals surface area contributed by atoms with Gasteiger partial charge in [0.15, 0.2) is 11.8 Å². The van der Waals surface area contributed by atoms with E-state index >= 15 is 0 Å². The third-order valence-electron chi connectivity index (χ3n) is 7.21. The number of hydrogen-bond donors (Lipinski definition) is 2. The molecule has 0 amide bonds. The molecule has 3 N–H and O–H groups in total. The molecule has 18 nitrogen and oxygen atoms in total. The van der Waals surface area contributed by atoms with E-state index in [1.807, 2.05) is 20.8 Å². The zero-order valence-corrected chi connectivity index (χ0v) is 28.6. The van der Waals surface area contributed by atoms with Crippen molar-refractivity contribution in [3.8, 4) is 5.88 Å². The van der Waals surface area contributed by atoms with Gasteiger partial charge in [-0.1, -0.05) is 37.9 Å². The molecule has 0 bridgehead atoms. The number of nitrogen functional groups attached to an aromatic ring is 1. The van der Waals surface area contributed by atoms with Crippen molar-refractivity contribution in [3.05, 3.63) is 65.0 Å². The van der Waals surface area contributed by atoms with Crippen LogP contribution < -0.4 is 49.9 Å². The van der Waals surface area contributed by atoms with Crippen LogP contribution in [0.3, 0.4) is 0 Å². The number of fused-ring (bicyclic) bond motifs is 1. The average Bonchev–Trinajstić information content (AvgIpc) is 3.68. The van der Waals surface area contributed by atoms with Crippen molar-refractivity contribution < 1.29 is 77.5 Å². The number of ether oxygens (including phenoxy) is 3. The van der Waals surface area contributed by atoms with Gasteiger partial charge in [-0.25, -0.2) is 14.5 Å². The van der Waals surface area contributed by atoms with Gasteiger partial charge in [0.2, 0.25) is 14.0 Å². The van der Waals surface area contributed by atoms with Crippen LogP contribution in [0.2, 0.25) is 0 Å². The number of aliphatic hydroxyl groups is 1. The van der Waals surface area contributed by atoms with Gasteiger partial charge in [0.05, 0.1) is 30.2 Å². The third kappa shape index (κ3) is 7.26. The topological polar surface area (TPSA) is 242 Å². The van der Waals surface area contributed by atoms with Crippen molar-refractivity contribution in [2.45, 2.75) is 51.4 Å². The number of rotatable bonds is 11. The second-order valence-electron chi connectivity index (χ2n) is 11.4. The number of imidazole rings is 2. The Morgan fingerprint density at radius 1 is 1.28 bits per heavy atom. The van der Waals surface area contributed by atoms with Gasteiger partial charge < -0.3 is 39.6 Å². The molecule has 0 radical (unpaired) electrons. The molecule has 1 saturated heterocycles. The molecule has 6 atom stereocenters. The molecule has 20 heteroatoms. The van der Waals surface area contributed by atoms with E-state index in [4.69, 9.17) is 24.5 Å². The minimum absolute atomic E-state index is 0. The number of benzene rings is 1. The zero-order chi connectivity index (χ0) is 32.7. The summed E-state index contributed by atoms with van der Waals surface area (Å²) >= 11 is 0. The average molecular weight is 671 g/mol. The molecule has 0 aliphatic carbocycles. The molecule has 4 aromatic rings. The fourth-order valence-corrected chi connectivity index (χ4v) is 6.05. The number of nitrogens with two attached hydrogens (primary N) is 1. The van der Waals surface area contributed by atoms with Gasteiger partial charge in [-0.3, -0.25) is 23.6 Å². The summed E-state index contributed by atoms with van der Waals surface area (Å²) in [5, 5.41) is 35.7. The number of aryl methyl sites for hydroxylation is 1. The van der Waals surface area contributed by atoms with Gasteiger partial charge in [0, 0.05) is 24.3 Å². The van der Waals surface area contributed by atoms with Gasteiger partial charge in [0.25, 0.3) is 11.6 Å². The summed E-state index contributed by atoms with van der Waals surface area (Å²) in [6, 6.07) is 6.18. The van der Waals surface area contributed by atoms with Gasteiger partial charge in [-0.15, -0.1) is 0 Å². The number of hydrogen-bond acceptors (Lipinski definition) is 14. The molecule has 242 valence electrons. The fraction of sp³-hybridized carbons (Fsp3) is 0.462. The molecule has 46 heavy (non-hydrogen) atoms. The molecule has 1 aliphatic heterocycles. The molecule has 1 aliphatic rings. The van der Waals surface area contributed by atoms with E-state index in [0.29, 0.717) is 5.56 Å². The molecule has 1 fully saturated rings. The number of nitro groups is 1. The van der Waals surface area contributed by atoms with Crippen LogP contribution in [0.1, 0.15) is 38.7 Å². The summed E-state index contributed by atoms with van der Waals surface area (Å²) < 4.78 is 39.5. The fourth-order valence-electron chi connectivity index (χ4n) is 5.17. The van der Waals surface area contributed by atoms with Crippen LogP contribution in [-0.4, -0.2) is 65.6 Å². The Bertz CT molecular complexity index is 1730. The van der Waals surface area contributed by atoms with E-state index in [1.54, 1.807) is 25.2 Å². The van der Waals surface area contributed by atoms with Gasteiger partial charge in [0.1, 0.15) is 31.4 Å². The number of nitro benzene ring substituents is 1. The zero-order valence-electron chi connectivity index (χ0n) is 25.7. The van der Waals surface area contributed by atoms with E-state index in [9.17, 15) is 29.8 Å². The van der Waals surface area contributed by atoms with Crippen molar-refractivity contribution in [2.24, 2.45) is 12.5 Å². The molecule has 0 saturated carbocycles. The van der Waals surface area contributed by atoms with Crippen molar-refractivity contribution in [2.75, 3.05) is 19.1 Å². The Labute approximate surface area is 284 Å². The Balaban J connectivity index is 0.00000480. The Hall–Kier alpha value is -3.03. The number of aromatic nitrogens is 6. The van der Waals surface area contributed by atoms with Crippen LogP contribution in [-0.2, 0) is 30.3 Å². The first kappa shape index (κ1) is 35.8. The predicted octanol–water partition coefficient (Wildman–Crippen LogP) is -2.54. The van der Waals surface area contributed by atoms with Crippen molar-refractivity contribution in [1.29, 1.82) is 0 Å². The SMILES string of the molecule is Cn1c[n+]([C@@H]2O[C@H](COP(=O)([O-])n3ccnc3)[C@H](O)C2OCOC(c2ccccc2[N+](=O)[O-])C(C)(C)C)c2nc(N)nc([O-])c21.[Na+]. The number of aliphatic hydroxyl groups excluding tert-OH is 1. The second-order valence-corrected chi connectivity index (χ2v) is 13.1. The minimum atomic E-state index is -4.63. The largest absolute Gasteiger partial charge is 1.00 e. The van der Waals surface area contributed by atoms with Crippen LogP contribution in [0.15, 0.2) is 49.3 Å². The Morgan fingerprint density at radius 2 is 2.00 bits per heavy atom. The summed E-state index contributed by atoms with van der Waals surface area (Å²) in [6.07, 6.45) is -0.984. The van der Waals surface area contributed by atoms with E-state index in [1.165, 1.54) is 33.9 Å². The van der Waals surface area contributed by atoms with E-state index in [0.717, 1.165) is 10.7 Å². The standard InChI is InChI=1S/C26H33N8O10P.Na/c1-26(2,3)21(15-7-5-6-8-16(15)34(37)38)42-14-41-20-19(35)17(11-43-45(39,40)32-10-9-28-12-32)44-24(20)33-13-31(4)18-22(33)29-25(27)30-23(18)36;/h5-10,12-13,17,19-21,24,35H,11,14H2,1-4H3,(H3-,27,29,30,36,39,40);/q;+1/p-1/t17-,19+,20?,21?,24-;/m1./s1. The maximum Gasteiger partial charge on any atom is 1.00 e. The summed E-state index contributed by atoms with van der Waals surface area (Å²) in [4.78, 5) is 35.4. The maximum absolute atomic E-state index is 12.6. The van der Waals surface area contributed by atoms with Crippen LogP contribution in [0.25, 0.3) is 11.2 Å². The van der Waals surface area contributed by atoms with Gasteiger partial charge in [-0.05, 0) is 11.5 Å². The van der Waals surface area contributed by atoms with Crippen molar-refractivity contribution in [3.63, 3.8) is 0 Å². The van der Waals surface area contributed by atoms with E-state index in [-0.39, 0.29) is 52.4 Å². The Kier molecular flexibility index (Phi) is 10.9. The first-order valence-electron chi connectivity index (χ1n) is 13.6. The molecule has 3 unspecified atom stereocenters. The summed E-state index contributed by atoms with van der Waals surface area (Å²) in [6.45, 7) is 4.46. The van der Waals surface area contributed by atoms with Gasteiger partial charge in [-0.2, -0.15) is 0 Å². The van der Waals surface area contributed by atoms with Crippen molar-refractivity contribution >= 4 is 30.5 Å². The number of para-hydroxylation sites is 1. The van der Waals surface area contributed by atoms with E-state index < -0.39 is 68.0 Å². The summed E-state index contributed by atoms with van der Waals surface area (Å²) in [7, 11) is -3.06. The summed E-state index contributed by atoms with van der Waals surface area (Å²) in [5.74, 6) is -0.945. The molecule has 3 aromatic heterocycles. The van der Waals surface area contributed by atoms with Gasteiger partial charge >= 0.3 is 35.2 Å². The van der Waals surface area contributed by atoms with Crippen LogP contribution in [0.5, 0.6) is 5.88 Å². The van der Waals surface area contributed by atoms with Crippen LogP contribution in [0, 0.1) is 15.5 Å². The normalized spacial score (nSPS) is 22.0. The minimum Gasteiger partial charge on any atom is -0.856 e.